The quantitative estimate of drug-likeness (QED) is 0.617. The number of aromatic nitrogens is 1. The van der Waals surface area contributed by atoms with E-state index in [2.05, 4.69) is 4.98 Å². The van der Waals surface area contributed by atoms with Gasteiger partial charge >= 0.3 is 11.9 Å². The van der Waals surface area contributed by atoms with Gasteiger partial charge in [-0.25, -0.2) is 19.0 Å². The monoisotopic (exact) mass is 387 g/mol. The Morgan fingerprint density at radius 2 is 1.89 bits per heavy atom. The number of ether oxygens (including phenoxy) is 2. The second-order valence-corrected chi connectivity index (χ2v) is 6.20. The van der Waals surface area contributed by atoms with Crippen LogP contribution in [-0.2, 0) is 16.1 Å². The van der Waals surface area contributed by atoms with E-state index >= 15 is 0 Å². The smallest absolute Gasteiger partial charge is 0.341 e. The number of nitrogens with zero attached hydrogens (tertiary/aromatic N) is 1. The molecule has 0 unspecified atom stereocenters. The Balaban J connectivity index is 1.97. The van der Waals surface area contributed by atoms with Crippen LogP contribution >= 0.6 is 11.6 Å². The fourth-order valence-electron chi connectivity index (χ4n) is 2.78. The third-order valence-electron chi connectivity index (χ3n) is 4.10. The number of halogens is 2. The van der Waals surface area contributed by atoms with Gasteiger partial charge in [-0.1, -0.05) is 29.8 Å². The molecule has 138 valence electrons. The summed E-state index contributed by atoms with van der Waals surface area (Å²) in [5, 5.41) is 0.993. The Kier molecular flexibility index (Phi) is 5.37. The Morgan fingerprint density at radius 3 is 2.63 bits per heavy atom. The SMILES string of the molecule is COC(=O)c1c(COC(=O)c2cc(Cl)ccc2F)nc2ccccc2c1C. The second kappa shape index (κ2) is 7.72. The molecule has 0 bridgehead atoms. The Morgan fingerprint density at radius 1 is 1.15 bits per heavy atom. The van der Waals surface area contributed by atoms with E-state index in [4.69, 9.17) is 21.1 Å². The van der Waals surface area contributed by atoms with E-state index in [9.17, 15) is 14.0 Å². The summed E-state index contributed by atoms with van der Waals surface area (Å²) in [6.07, 6.45) is 0. The number of carbonyl (C=O) groups is 2. The second-order valence-electron chi connectivity index (χ2n) is 5.77. The molecular formula is C20H15ClFNO4. The molecule has 5 nitrogen and oxygen atoms in total. The number of pyridine rings is 1. The van der Waals surface area contributed by atoms with Gasteiger partial charge in [-0.05, 0) is 36.8 Å². The maximum atomic E-state index is 13.8. The summed E-state index contributed by atoms with van der Waals surface area (Å²) < 4.78 is 23.8. The lowest BCUT2D eigenvalue weighted by atomic mass is 10.0. The maximum Gasteiger partial charge on any atom is 0.341 e. The predicted octanol–water partition coefficient (Wildman–Crippen LogP) is 4.48. The molecule has 0 N–H and O–H groups in total. The molecule has 0 aliphatic carbocycles. The van der Waals surface area contributed by atoms with Crippen molar-refractivity contribution in [1.29, 1.82) is 0 Å². The summed E-state index contributed by atoms with van der Waals surface area (Å²) in [5.41, 5.74) is 1.46. The minimum atomic E-state index is -0.904. The molecule has 0 aliphatic heterocycles. The lowest BCUT2D eigenvalue weighted by Crippen LogP contribution is -2.14. The largest absolute Gasteiger partial charge is 0.465 e. The molecular weight excluding hydrogens is 373 g/mol. The summed E-state index contributed by atoms with van der Waals surface area (Å²) in [6, 6.07) is 10.9. The first kappa shape index (κ1) is 18.8. The highest BCUT2D eigenvalue weighted by Gasteiger charge is 2.21. The summed E-state index contributed by atoms with van der Waals surface area (Å²) in [6.45, 7) is 1.44. The average Bonchev–Trinajstić information content (AvgIpc) is 2.67. The zero-order valence-corrected chi connectivity index (χ0v) is 15.3. The van der Waals surface area contributed by atoms with Crippen molar-refractivity contribution >= 4 is 34.4 Å². The van der Waals surface area contributed by atoms with Gasteiger partial charge in [0.15, 0.2) is 0 Å². The molecule has 3 rings (SSSR count). The number of hydrogen-bond acceptors (Lipinski definition) is 5. The highest BCUT2D eigenvalue weighted by atomic mass is 35.5. The van der Waals surface area contributed by atoms with Crippen LogP contribution in [0.3, 0.4) is 0 Å². The zero-order chi connectivity index (χ0) is 19.6. The summed E-state index contributed by atoms with van der Waals surface area (Å²) >= 11 is 5.80. The zero-order valence-electron chi connectivity index (χ0n) is 14.6. The number of esters is 2. The van der Waals surface area contributed by atoms with Crippen molar-refractivity contribution < 1.29 is 23.5 Å². The number of benzene rings is 2. The molecule has 0 saturated heterocycles. The maximum absolute atomic E-state index is 13.8. The first-order chi connectivity index (χ1) is 12.9. The topological polar surface area (TPSA) is 65.5 Å². The molecule has 0 spiro atoms. The number of methoxy groups -OCH3 is 1. The fraction of sp³-hybridized carbons (Fsp3) is 0.150. The van der Waals surface area contributed by atoms with Crippen LogP contribution in [0, 0.1) is 12.7 Å². The lowest BCUT2D eigenvalue weighted by Gasteiger charge is -2.13. The minimum Gasteiger partial charge on any atom is -0.465 e. The van der Waals surface area contributed by atoms with Gasteiger partial charge in [0.05, 0.1) is 29.4 Å². The van der Waals surface area contributed by atoms with Gasteiger partial charge in [-0.15, -0.1) is 0 Å². The molecule has 0 radical (unpaired) electrons. The Labute approximate surface area is 159 Å². The number of para-hydroxylation sites is 1. The molecule has 1 heterocycles. The molecule has 1 aromatic heterocycles. The van der Waals surface area contributed by atoms with Gasteiger partial charge < -0.3 is 9.47 Å². The molecule has 0 amide bonds. The molecule has 2 aromatic carbocycles. The molecule has 0 aliphatic rings. The molecule has 7 heteroatoms. The van der Waals surface area contributed by atoms with Crippen LogP contribution in [0.5, 0.6) is 0 Å². The number of hydrogen-bond donors (Lipinski definition) is 0. The van der Waals surface area contributed by atoms with Crippen molar-refractivity contribution in [3.05, 3.63) is 75.7 Å². The Bertz CT molecular complexity index is 1050. The molecule has 0 saturated carbocycles. The predicted molar refractivity (Wildman–Crippen MR) is 98.3 cm³/mol. The van der Waals surface area contributed by atoms with E-state index in [1.54, 1.807) is 13.0 Å². The average molecular weight is 388 g/mol. The van der Waals surface area contributed by atoms with Gasteiger partial charge in [0.1, 0.15) is 12.4 Å². The van der Waals surface area contributed by atoms with E-state index in [1.807, 2.05) is 18.2 Å². The van der Waals surface area contributed by atoms with E-state index in [0.29, 0.717) is 11.1 Å². The van der Waals surface area contributed by atoms with Gasteiger partial charge in [0.2, 0.25) is 0 Å². The Hall–Kier alpha value is -2.99. The summed E-state index contributed by atoms with van der Waals surface area (Å²) in [7, 11) is 1.26. The highest BCUT2D eigenvalue weighted by molar-refractivity contribution is 6.30. The van der Waals surface area contributed by atoms with E-state index < -0.39 is 17.8 Å². The minimum absolute atomic E-state index is 0.207. The number of carbonyl (C=O) groups excluding carboxylic acids is 2. The van der Waals surface area contributed by atoms with Gasteiger partial charge in [-0.2, -0.15) is 0 Å². The van der Waals surface area contributed by atoms with E-state index in [0.717, 1.165) is 11.5 Å². The molecule has 0 atom stereocenters. The van der Waals surface area contributed by atoms with Crippen molar-refractivity contribution in [2.45, 2.75) is 13.5 Å². The van der Waals surface area contributed by atoms with Gasteiger partial charge in [-0.3, -0.25) is 0 Å². The van der Waals surface area contributed by atoms with Crippen LogP contribution in [0.15, 0.2) is 42.5 Å². The third-order valence-corrected chi connectivity index (χ3v) is 4.34. The van der Waals surface area contributed by atoms with Crippen molar-refractivity contribution in [3.63, 3.8) is 0 Å². The van der Waals surface area contributed by atoms with Crippen molar-refractivity contribution in [1.82, 2.24) is 4.98 Å². The van der Waals surface area contributed by atoms with E-state index in [-0.39, 0.29) is 28.5 Å². The van der Waals surface area contributed by atoms with Crippen molar-refractivity contribution in [2.75, 3.05) is 7.11 Å². The summed E-state index contributed by atoms with van der Waals surface area (Å²) in [5.74, 6) is -2.25. The highest BCUT2D eigenvalue weighted by Crippen LogP contribution is 2.24. The molecule has 0 fully saturated rings. The normalized spacial score (nSPS) is 10.7. The van der Waals surface area contributed by atoms with Crippen LogP contribution in [-0.4, -0.2) is 24.0 Å². The third kappa shape index (κ3) is 3.75. The van der Waals surface area contributed by atoms with Gasteiger partial charge in [0.25, 0.3) is 0 Å². The van der Waals surface area contributed by atoms with E-state index in [1.165, 1.54) is 19.2 Å². The molecule has 3 aromatic rings. The standard InChI is InChI=1S/C20H15ClFNO4/c1-11-13-5-3-4-6-16(13)23-17(18(11)20(25)26-2)10-27-19(24)14-9-12(21)7-8-15(14)22/h3-9H,10H2,1-2H3. The van der Waals surface area contributed by atoms with Crippen LogP contribution in [0.25, 0.3) is 10.9 Å². The van der Waals surface area contributed by atoms with Crippen LogP contribution < -0.4 is 0 Å². The first-order valence-corrected chi connectivity index (χ1v) is 8.39. The van der Waals surface area contributed by atoms with Crippen LogP contribution in [0.4, 0.5) is 4.39 Å². The van der Waals surface area contributed by atoms with Gasteiger partial charge in [0, 0.05) is 10.4 Å². The number of fused-ring (bicyclic) bond motifs is 1. The lowest BCUT2D eigenvalue weighted by molar-refractivity contribution is 0.0450. The fourth-order valence-corrected chi connectivity index (χ4v) is 2.96. The first-order valence-electron chi connectivity index (χ1n) is 8.01. The number of rotatable bonds is 4. The molecule has 27 heavy (non-hydrogen) atoms. The van der Waals surface area contributed by atoms with Crippen molar-refractivity contribution in [3.8, 4) is 0 Å². The van der Waals surface area contributed by atoms with Crippen LogP contribution in [0.1, 0.15) is 32.0 Å². The summed E-state index contributed by atoms with van der Waals surface area (Å²) in [4.78, 5) is 28.9. The number of aryl methyl sites for hydroxylation is 1. The van der Waals surface area contributed by atoms with Crippen molar-refractivity contribution in [2.24, 2.45) is 0 Å². The van der Waals surface area contributed by atoms with Crippen LogP contribution in [0.2, 0.25) is 5.02 Å².